The van der Waals surface area contributed by atoms with E-state index in [0.29, 0.717) is 49.9 Å². The van der Waals surface area contributed by atoms with Crippen LogP contribution in [0.5, 0.6) is 11.5 Å². The number of amides is 1. The van der Waals surface area contributed by atoms with Crippen LogP contribution < -0.4 is 14.8 Å². The Hall–Kier alpha value is -2.62. The highest BCUT2D eigenvalue weighted by Crippen LogP contribution is 2.22. The molecule has 2 aromatic rings. The molecule has 1 heterocycles. The molecular weight excluding hydrogens is 408 g/mol. The van der Waals surface area contributed by atoms with E-state index in [4.69, 9.17) is 14.2 Å². The van der Waals surface area contributed by atoms with Gasteiger partial charge in [0.25, 0.3) is 5.91 Å². The molecule has 1 aliphatic rings. The molecule has 30 heavy (non-hydrogen) atoms. The third-order valence-corrected chi connectivity index (χ3v) is 6.63. The van der Waals surface area contributed by atoms with Gasteiger partial charge in [0.05, 0.1) is 25.2 Å². The van der Waals surface area contributed by atoms with Gasteiger partial charge in [0.1, 0.15) is 11.5 Å². The second kappa shape index (κ2) is 9.92. The Balaban J connectivity index is 1.65. The Morgan fingerprint density at radius 3 is 2.43 bits per heavy atom. The lowest BCUT2D eigenvalue weighted by atomic mass is 10.2. The summed E-state index contributed by atoms with van der Waals surface area (Å²) < 4.78 is 42.9. The zero-order valence-electron chi connectivity index (χ0n) is 17.0. The third kappa shape index (κ3) is 5.29. The van der Waals surface area contributed by atoms with Crippen LogP contribution in [0.3, 0.4) is 0 Å². The Morgan fingerprint density at radius 1 is 1.13 bits per heavy atom. The number of hydrogen-bond donors (Lipinski definition) is 1. The molecule has 0 unspecified atom stereocenters. The molecule has 0 bridgehead atoms. The lowest BCUT2D eigenvalue weighted by Crippen LogP contribution is -2.40. The molecule has 162 valence electrons. The molecule has 2 aromatic carbocycles. The predicted molar refractivity (Wildman–Crippen MR) is 112 cm³/mol. The maximum atomic E-state index is 12.7. The van der Waals surface area contributed by atoms with Crippen LogP contribution in [0.15, 0.2) is 53.4 Å². The molecule has 3 rings (SSSR count). The molecule has 1 amide bonds. The fraction of sp³-hybridized carbons (Fsp3) is 0.381. The van der Waals surface area contributed by atoms with Crippen molar-refractivity contribution in [3.8, 4) is 11.5 Å². The van der Waals surface area contributed by atoms with Crippen LogP contribution in [-0.2, 0) is 19.6 Å². The highest BCUT2D eigenvalue weighted by molar-refractivity contribution is 7.89. The average molecular weight is 435 g/mol. The van der Waals surface area contributed by atoms with Crippen LogP contribution >= 0.6 is 0 Å². The van der Waals surface area contributed by atoms with E-state index in [1.165, 1.54) is 16.4 Å². The van der Waals surface area contributed by atoms with Gasteiger partial charge in [-0.1, -0.05) is 13.0 Å². The van der Waals surface area contributed by atoms with Crippen LogP contribution in [0.4, 0.5) is 5.69 Å². The van der Waals surface area contributed by atoms with E-state index in [1.54, 1.807) is 43.5 Å². The summed E-state index contributed by atoms with van der Waals surface area (Å²) in [6.45, 7) is 3.29. The number of sulfonamides is 1. The number of nitrogens with zero attached hydrogens (tertiary/aromatic N) is 1. The van der Waals surface area contributed by atoms with Crippen molar-refractivity contribution >= 4 is 21.6 Å². The van der Waals surface area contributed by atoms with E-state index in [2.05, 4.69) is 5.32 Å². The van der Waals surface area contributed by atoms with Crippen molar-refractivity contribution in [3.05, 3.63) is 48.5 Å². The van der Waals surface area contributed by atoms with Crippen molar-refractivity contribution in [2.24, 2.45) is 0 Å². The second-order valence-corrected chi connectivity index (χ2v) is 8.66. The summed E-state index contributed by atoms with van der Waals surface area (Å²) in [5.74, 6) is 0.854. The van der Waals surface area contributed by atoms with Crippen molar-refractivity contribution in [2.75, 3.05) is 38.7 Å². The van der Waals surface area contributed by atoms with Crippen molar-refractivity contribution in [1.82, 2.24) is 4.31 Å². The summed E-state index contributed by atoms with van der Waals surface area (Å²) in [4.78, 5) is 12.8. The molecule has 8 nitrogen and oxygen atoms in total. The fourth-order valence-corrected chi connectivity index (χ4v) is 4.44. The van der Waals surface area contributed by atoms with Gasteiger partial charge in [-0.15, -0.1) is 0 Å². The minimum atomic E-state index is -3.57. The van der Waals surface area contributed by atoms with Crippen molar-refractivity contribution in [1.29, 1.82) is 0 Å². The summed E-state index contributed by atoms with van der Waals surface area (Å²) in [5.41, 5.74) is 0.494. The largest absolute Gasteiger partial charge is 0.497 e. The number of hydrogen-bond acceptors (Lipinski definition) is 6. The molecule has 0 spiro atoms. The van der Waals surface area contributed by atoms with Gasteiger partial charge in [0.15, 0.2) is 6.10 Å². The average Bonchev–Trinajstić information content (AvgIpc) is 2.78. The Kier molecular flexibility index (Phi) is 7.30. The van der Waals surface area contributed by atoms with E-state index in [0.717, 1.165) is 0 Å². The molecule has 1 saturated heterocycles. The van der Waals surface area contributed by atoms with Gasteiger partial charge in [0.2, 0.25) is 10.0 Å². The number of nitrogens with one attached hydrogen (secondary N) is 1. The van der Waals surface area contributed by atoms with Crippen molar-refractivity contribution in [3.63, 3.8) is 0 Å². The van der Waals surface area contributed by atoms with E-state index >= 15 is 0 Å². The van der Waals surface area contributed by atoms with E-state index in [9.17, 15) is 13.2 Å². The molecule has 0 radical (unpaired) electrons. The van der Waals surface area contributed by atoms with Gasteiger partial charge in [-0.25, -0.2) is 8.42 Å². The molecule has 0 aliphatic carbocycles. The molecule has 1 N–H and O–H groups in total. The SMILES string of the molecule is CC[C@H](Oc1cccc(OC)c1)C(=O)Nc1ccc(S(=O)(=O)N2CCOCC2)cc1. The monoisotopic (exact) mass is 434 g/mol. The molecule has 0 saturated carbocycles. The highest BCUT2D eigenvalue weighted by atomic mass is 32.2. The summed E-state index contributed by atoms with van der Waals surface area (Å²) in [5, 5.41) is 2.78. The molecular formula is C21H26N2O6S. The normalized spacial score (nSPS) is 15.9. The van der Waals surface area contributed by atoms with Gasteiger partial charge in [-0.3, -0.25) is 4.79 Å². The zero-order valence-corrected chi connectivity index (χ0v) is 17.9. The van der Waals surface area contributed by atoms with E-state index in [-0.39, 0.29) is 10.8 Å². The van der Waals surface area contributed by atoms with Gasteiger partial charge in [0, 0.05) is 24.8 Å². The number of carbonyl (C=O) groups is 1. The number of morpholine rings is 1. The summed E-state index contributed by atoms with van der Waals surface area (Å²) in [7, 11) is -2.01. The smallest absolute Gasteiger partial charge is 0.265 e. The number of anilines is 1. The Morgan fingerprint density at radius 2 is 1.80 bits per heavy atom. The van der Waals surface area contributed by atoms with Crippen LogP contribution in [0.2, 0.25) is 0 Å². The fourth-order valence-electron chi connectivity index (χ4n) is 3.03. The zero-order chi connectivity index (χ0) is 21.6. The molecule has 1 aliphatic heterocycles. The number of benzene rings is 2. The predicted octanol–water partition coefficient (Wildman–Crippen LogP) is 2.51. The third-order valence-electron chi connectivity index (χ3n) is 4.71. The first-order valence-electron chi connectivity index (χ1n) is 9.73. The number of carbonyl (C=O) groups excluding carboxylic acids is 1. The first kappa shape index (κ1) is 22.1. The topological polar surface area (TPSA) is 94.2 Å². The standard InChI is InChI=1S/C21H26N2O6S/c1-3-20(29-18-6-4-5-17(15-18)27-2)21(24)22-16-7-9-19(10-8-16)30(25,26)23-11-13-28-14-12-23/h4-10,15,20H,3,11-14H2,1-2H3,(H,22,24)/t20-/m0/s1. The quantitative estimate of drug-likeness (QED) is 0.686. The summed E-state index contributed by atoms with van der Waals surface area (Å²) in [6.07, 6.45) is -0.235. The highest BCUT2D eigenvalue weighted by Gasteiger charge is 2.26. The maximum Gasteiger partial charge on any atom is 0.265 e. The van der Waals surface area contributed by atoms with Gasteiger partial charge in [-0.05, 0) is 42.8 Å². The first-order valence-corrected chi connectivity index (χ1v) is 11.2. The minimum absolute atomic E-state index is 0.182. The van der Waals surface area contributed by atoms with Gasteiger partial charge in [-0.2, -0.15) is 4.31 Å². The van der Waals surface area contributed by atoms with Crippen molar-refractivity contribution in [2.45, 2.75) is 24.3 Å². The number of rotatable bonds is 8. The lowest BCUT2D eigenvalue weighted by Gasteiger charge is -2.26. The Bertz CT molecular complexity index is 956. The molecule has 0 aromatic heterocycles. The van der Waals surface area contributed by atoms with Crippen LogP contribution in [0.1, 0.15) is 13.3 Å². The van der Waals surface area contributed by atoms with Crippen LogP contribution in [-0.4, -0.2) is 58.1 Å². The van der Waals surface area contributed by atoms with Crippen LogP contribution in [0.25, 0.3) is 0 Å². The summed E-state index contributed by atoms with van der Waals surface area (Å²) >= 11 is 0. The maximum absolute atomic E-state index is 12.7. The number of ether oxygens (including phenoxy) is 3. The minimum Gasteiger partial charge on any atom is -0.497 e. The van der Waals surface area contributed by atoms with E-state index in [1.807, 2.05) is 6.92 Å². The number of methoxy groups -OCH3 is 1. The summed E-state index contributed by atoms with van der Waals surface area (Å²) in [6, 6.07) is 13.2. The first-order chi connectivity index (χ1) is 14.4. The molecule has 1 fully saturated rings. The lowest BCUT2D eigenvalue weighted by molar-refractivity contribution is -0.122. The molecule has 1 atom stereocenters. The Labute approximate surface area is 176 Å². The van der Waals surface area contributed by atoms with Crippen molar-refractivity contribution < 1.29 is 27.4 Å². The van der Waals surface area contributed by atoms with Gasteiger partial charge < -0.3 is 19.5 Å². The van der Waals surface area contributed by atoms with Crippen LogP contribution in [0, 0.1) is 0 Å². The van der Waals surface area contributed by atoms with Gasteiger partial charge >= 0.3 is 0 Å². The van der Waals surface area contributed by atoms with E-state index < -0.39 is 16.1 Å². The second-order valence-electron chi connectivity index (χ2n) is 6.72. The molecule has 9 heteroatoms.